The van der Waals surface area contributed by atoms with Crippen molar-refractivity contribution in [2.75, 3.05) is 17.2 Å². The van der Waals surface area contributed by atoms with Crippen molar-refractivity contribution in [2.45, 2.75) is 16.3 Å². The van der Waals surface area contributed by atoms with Gasteiger partial charge >= 0.3 is 0 Å². The molecule has 2 aliphatic rings. The van der Waals surface area contributed by atoms with Crippen LogP contribution in [0.2, 0.25) is 0 Å². The molecule has 0 aliphatic carbocycles. The number of fused-ring (bicyclic) bond motifs is 3. The van der Waals surface area contributed by atoms with Gasteiger partial charge in [0.1, 0.15) is 0 Å². The third kappa shape index (κ3) is 4.15. The SMILES string of the molecule is NS(=O)(=O)c1cccc(CNC(=O)c2ccc3c(c2)SC2=NS(=O)(=O)CCN23)c1. The molecule has 2 aromatic rings. The smallest absolute Gasteiger partial charge is 0.257 e. The van der Waals surface area contributed by atoms with Crippen LogP contribution in [-0.2, 0) is 26.6 Å². The second kappa shape index (κ2) is 7.13. The zero-order chi connectivity index (χ0) is 20.8. The van der Waals surface area contributed by atoms with Gasteiger partial charge in [-0.1, -0.05) is 12.1 Å². The Morgan fingerprint density at radius 2 is 2.03 bits per heavy atom. The van der Waals surface area contributed by atoms with Gasteiger partial charge in [-0.15, -0.1) is 4.40 Å². The summed E-state index contributed by atoms with van der Waals surface area (Å²) in [7, 11) is -7.26. The molecule has 0 radical (unpaired) electrons. The summed E-state index contributed by atoms with van der Waals surface area (Å²) in [5, 5.41) is 8.25. The molecule has 2 aliphatic heterocycles. The van der Waals surface area contributed by atoms with Crippen molar-refractivity contribution in [1.82, 2.24) is 5.32 Å². The summed E-state index contributed by atoms with van der Waals surface area (Å²) in [5.74, 6) is -0.384. The van der Waals surface area contributed by atoms with E-state index in [1.807, 2.05) is 4.90 Å². The number of carbonyl (C=O) groups is 1. The van der Waals surface area contributed by atoms with Crippen molar-refractivity contribution in [1.29, 1.82) is 0 Å². The van der Waals surface area contributed by atoms with Crippen LogP contribution in [0.25, 0.3) is 0 Å². The number of nitrogens with one attached hydrogen (secondary N) is 1. The first-order valence-corrected chi connectivity index (χ1v) is 12.4. The number of thioether (sulfide) groups is 1. The minimum atomic E-state index is -3.82. The summed E-state index contributed by atoms with van der Waals surface area (Å²) in [6.07, 6.45) is 0. The molecule has 2 heterocycles. The molecule has 0 fully saturated rings. The number of nitrogens with zero attached hydrogens (tertiary/aromatic N) is 2. The summed E-state index contributed by atoms with van der Waals surface area (Å²) in [6, 6.07) is 11.1. The fraction of sp³-hybridized carbons (Fsp3) is 0.176. The van der Waals surface area contributed by atoms with Crippen molar-refractivity contribution in [2.24, 2.45) is 9.54 Å². The van der Waals surface area contributed by atoms with Gasteiger partial charge < -0.3 is 10.2 Å². The van der Waals surface area contributed by atoms with Crippen LogP contribution >= 0.6 is 11.8 Å². The van der Waals surface area contributed by atoms with E-state index in [2.05, 4.69) is 9.71 Å². The maximum absolute atomic E-state index is 12.5. The van der Waals surface area contributed by atoms with Crippen LogP contribution in [0.5, 0.6) is 0 Å². The number of nitrogens with two attached hydrogens (primary N) is 1. The molecule has 0 saturated heterocycles. The van der Waals surface area contributed by atoms with E-state index in [0.717, 1.165) is 10.6 Å². The van der Waals surface area contributed by atoms with Gasteiger partial charge in [-0.2, -0.15) is 0 Å². The molecule has 0 bridgehead atoms. The van der Waals surface area contributed by atoms with Gasteiger partial charge in [-0.25, -0.2) is 22.0 Å². The molecule has 9 nitrogen and oxygen atoms in total. The topological polar surface area (TPSA) is 139 Å². The number of anilines is 1. The van der Waals surface area contributed by atoms with Gasteiger partial charge in [-0.3, -0.25) is 4.79 Å². The molecule has 0 saturated carbocycles. The lowest BCUT2D eigenvalue weighted by Crippen LogP contribution is -2.35. The monoisotopic (exact) mass is 452 g/mol. The van der Waals surface area contributed by atoms with Crippen molar-refractivity contribution in [3.8, 4) is 0 Å². The van der Waals surface area contributed by atoms with E-state index in [4.69, 9.17) is 5.14 Å². The number of hydrogen-bond donors (Lipinski definition) is 2. The quantitative estimate of drug-likeness (QED) is 0.702. The van der Waals surface area contributed by atoms with Crippen molar-refractivity contribution >= 4 is 48.6 Å². The molecule has 12 heteroatoms. The predicted molar refractivity (Wildman–Crippen MR) is 110 cm³/mol. The van der Waals surface area contributed by atoms with Crippen LogP contribution in [0.1, 0.15) is 15.9 Å². The second-order valence-electron chi connectivity index (χ2n) is 6.47. The molecule has 0 spiro atoms. The molecule has 3 N–H and O–H groups in total. The number of amides is 1. The fourth-order valence-electron chi connectivity index (χ4n) is 2.99. The van der Waals surface area contributed by atoms with Crippen molar-refractivity contribution in [3.63, 3.8) is 0 Å². The number of sulfonamides is 2. The molecule has 152 valence electrons. The molecule has 4 rings (SSSR count). The van der Waals surface area contributed by atoms with Crippen LogP contribution < -0.4 is 15.4 Å². The Kier molecular flexibility index (Phi) is 4.89. The highest BCUT2D eigenvalue weighted by atomic mass is 32.2. The van der Waals surface area contributed by atoms with E-state index in [-0.39, 0.29) is 23.1 Å². The van der Waals surface area contributed by atoms with E-state index in [9.17, 15) is 21.6 Å². The normalized spacial score (nSPS) is 17.3. The molecule has 0 unspecified atom stereocenters. The average molecular weight is 453 g/mol. The highest BCUT2D eigenvalue weighted by molar-refractivity contribution is 8.15. The molecular formula is C17H16N4O5S3. The van der Waals surface area contributed by atoms with Gasteiger partial charge in [-0.05, 0) is 47.7 Å². The van der Waals surface area contributed by atoms with Gasteiger partial charge in [0.2, 0.25) is 10.0 Å². The van der Waals surface area contributed by atoms with Gasteiger partial charge in [0.05, 0.1) is 16.3 Å². The Morgan fingerprint density at radius 1 is 1.24 bits per heavy atom. The van der Waals surface area contributed by atoms with E-state index < -0.39 is 20.0 Å². The largest absolute Gasteiger partial charge is 0.348 e. The van der Waals surface area contributed by atoms with Crippen molar-refractivity contribution in [3.05, 3.63) is 53.6 Å². The maximum Gasteiger partial charge on any atom is 0.257 e. The lowest BCUT2D eigenvalue weighted by atomic mass is 10.1. The minimum absolute atomic E-state index is 0.0226. The first kappa shape index (κ1) is 19.9. The fourth-order valence-corrected chi connectivity index (χ4v) is 5.87. The number of hydrogen-bond acceptors (Lipinski definition) is 7. The zero-order valence-electron chi connectivity index (χ0n) is 14.9. The standard InChI is InChI=1S/C17H16N4O5S3/c18-29(25,26)13-3-1-2-11(8-13)10-19-16(22)12-4-5-14-15(9-12)27-17-20-28(23,24)7-6-21(14)17/h1-5,8-9H,6-7,10H2,(H,19,22)(H2,18,25,26). The van der Waals surface area contributed by atoms with Crippen LogP contribution in [0.4, 0.5) is 5.69 Å². The average Bonchev–Trinajstić information content (AvgIpc) is 3.00. The lowest BCUT2D eigenvalue weighted by molar-refractivity contribution is 0.0950. The minimum Gasteiger partial charge on any atom is -0.348 e. The first-order chi connectivity index (χ1) is 13.6. The summed E-state index contributed by atoms with van der Waals surface area (Å²) in [6.45, 7) is 0.455. The van der Waals surface area contributed by atoms with E-state index in [1.54, 1.807) is 30.3 Å². The van der Waals surface area contributed by atoms with Crippen molar-refractivity contribution < 1.29 is 21.6 Å². The van der Waals surface area contributed by atoms with Crippen LogP contribution in [0.3, 0.4) is 0 Å². The molecule has 29 heavy (non-hydrogen) atoms. The van der Waals surface area contributed by atoms with Crippen LogP contribution in [0.15, 0.2) is 56.7 Å². The number of primary sulfonamides is 1. The highest BCUT2D eigenvalue weighted by Crippen LogP contribution is 2.42. The molecule has 2 aromatic carbocycles. The van der Waals surface area contributed by atoms with Gasteiger partial charge in [0, 0.05) is 23.5 Å². The lowest BCUT2D eigenvalue weighted by Gasteiger charge is -2.22. The highest BCUT2D eigenvalue weighted by Gasteiger charge is 2.33. The summed E-state index contributed by atoms with van der Waals surface area (Å²) in [5.41, 5.74) is 1.82. The molecule has 0 atom stereocenters. The maximum atomic E-state index is 12.5. The van der Waals surface area contributed by atoms with E-state index in [1.165, 1.54) is 23.9 Å². The first-order valence-electron chi connectivity index (χ1n) is 8.44. The molecular weight excluding hydrogens is 436 g/mol. The summed E-state index contributed by atoms with van der Waals surface area (Å²) in [4.78, 5) is 15.1. The molecule has 1 amide bonds. The van der Waals surface area contributed by atoms with Crippen LogP contribution in [-0.4, -0.2) is 40.2 Å². The predicted octanol–water partition coefficient (Wildman–Crippen LogP) is 0.875. The van der Waals surface area contributed by atoms with E-state index in [0.29, 0.717) is 22.8 Å². The zero-order valence-corrected chi connectivity index (χ0v) is 17.4. The Bertz CT molecular complexity index is 1260. The Hall–Kier alpha value is -2.41. The summed E-state index contributed by atoms with van der Waals surface area (Å²) >= 11 is 1.21. The third-order valence-electron chi connectivity index (χ3n) is 4.42. The summed E-state index contributed by atoms with van der Waals surface area (Å²) < 4.78 is 50.0. The molecule has 0 aromatic heterocycles. The van der Waals surface area contributed by atoms with Crippen LogP contribution in [0, 0.1) is 0 Å². The van der Waals surface area contributed by atoms with Gasteiger partial charge in [0.25, 0.3) is 15.9 Å². The number of benzene rings is 2. The number of rotatable bonds is 4. The Labute approximate surface area is 172 Å². The number of amidine groups is 1. The Morgan fingerprint density at radius 3 is 2.79 bits per heavy atom. The van der Waals surface area contributed by atoms with Gasteiger partial charge in [0.15, 0.2) is 5.17 Å². The Balaban J connectivity index is 1.49. The third-order valence-corrected chi connectivity index (χ3v) is 7.63. The second-order valence-corrected chi connectivity index (χ2v) is 10.8. The van der Waals surface area contributed by atoms with E-state index >= 15 is 0 Å². The number of carbonyl (C=O) groups excluding carboxylic acids is 1.